The molecule has 4 nitrogen and oxygen atoms in total. The van der Waals surface area contributed by atoms with E-state index < -0.39 is 0 Å². The highest BCUT2D eigenvalue weighted by atomic mass is 32.1. The number of hydrogen-bond acceptors (Lipinski definition) is 4. The third-order valence-electron chi connectivity index (χ3n) is 4.92. The van der Waals surface area contributed by atoms with Gasteiger partial charge in [-0.1, -0.05) is 32.9 Å². The van der Waals surface area contributed by atoms with Gasteiger partial charge in [0, 0.05) is 11.0 Å². The summed E-state index contributed by atoms with van der Waals surface area (Å²) < 4.78 is 5.19. The minimum atomic E-state index is -0.161. The van der Waals surface area contributed by atoms with Gasteiger partial charge in [0.2, 0.25) is 5.91 Å². The summed E-state index contributed by atoms with van der Waals surface area (Å²) >= 11 is 1.61. The fourth-order valence-electron chi connectivity index (χ4n) is 3.23. The van der Waals surface area contributed by atoms with E-state index in [2.05, 4.69) is 31.1 Å². The van der Waals surface area contributed by atoms with Crippen LogP contribution in [0.3, 0.4) is 0 Å². The van der Waals surface area contributed by atoms with Crippen molar-refractivity contribution in [3.63, 3.8) is 0 Å². The van der Waals surface area contributed by atoms with E-state index in [0.717, 1.165) is 29.8 Å². The molecule has 0 radical (unpaired) electrons. The topological polar surface area (TPSA) is 51.2 Å². The summed E-state index contributed by atoms with van der Waals surface area (Å²) in [7, 11) is 1.63. The van der Waals surface area contributed by atoms with Crippen LogP contribution in [-0.2, 0) is 17.6 Å². The number of nitrogens with zero attached hydrogens (tertiary/aromatic N) is 1. The maximum absolute atomic E-state index is 12.2. The molecule has 1 atom stereocenters. The molecule has 26 heavy (non-hydrogen) atoms. The Balaban J connectivity index is 1.64. The first kappa shape index (κ1) is 18.6. The van der Waals surface area contributed by atoms with Crippen LogP contribution in [0, 0.1) is 11.3 Å². The van der Waals surface area contributed by atoms with Gasteiger partial charge in [-0.3, -0.25) is 10.1 Å². The van der Waals surface area contributed by atoms with Crippen molar-refractivity contribution in [1.29, 1.82) is 0 Å². The van der Waals surface area contributed by atoms with Gasteiger partial charge in [-0.25, -0.2) is 4.98 Å². The van der Waals surface area contributed by atoms with Crippen LogP contribution in [0.25, 0.3) is 6.08 Å². The Labute approximate surface area is 159 Å². The number of hydrogen-bond donors (Lipinski definition) is 1. The number of rotatable bonds is 4. The monoisotopic (exact) mass is 370 g/mol. The number of methoxy groups -OCH3 is 1. The third kappa shape index (κ3) is 4.52. The first-order valence-electron chi connectivity index (χ1n) is 8.97. The number of anilines is 1. The van der Waals surface area contributed by atoms with Gasteiger partial charge in [0.25, 0.3) is 0 Å². The van der Waals surface area contributed by atoms with Crippen LogP contribution in [-0.4, -0.2) is 18.0 Å². The number of carbonyl (C=O) groups excluding carboxylic acids is 1. The molecule has 0 bridgehead atoms. The summed E-state index contributed by atoms with van der Waals surface area (Å²) in [6.07, 6.45) is 6.55. The van der Waals surface area contributed by atoms with E-state index in [1.54, 1.807) is 24.5 Å². The van der Waals surface area contributed by atoms with Crippen LogP contribution in [0.4, 0.5) is 5.13 Å². The highest BCUT2D eigenvalue weighted by Gasteiger charge is 2.30. The second kappa shape index (κ2) is 7.62. The van der Waals surface area contributed by atoms with Crippen LogP contribution in [0.5, 0.6) is 5.75 Å². The summed E-state index contributed by atoms with van der Waals surface area (Å²) in [6, 6.07) is 7.60. The summed E-state index contributed by atoms with van der Waals surface area (Å²) in [4.78, 5) is 18.2. The molecule has 0 aliphatic heterocycles. The molecule has 0 fully saturated rings. The maximum atomic E-state index is 12.2. The molecule has 1 N–H and O–H groups in total. The molecule has 1 aliphatic carbocycles. The highest BCUT2D eigenvalue weighted by Crippen LogP contribution is 2.40. The first-order chi connectivity index (χ1) is 12.3. The van der Waals surface area contributed by atoms with Crippen LogP contribution in [0.15, 0.2) is 30.3 Å². The number of carbonyl (C=O) groups is 1. The average Bonchev–Trinajstić information content (AvgIpc) is 3.00. The van der Waals surface area contributed by atoms with Gasteiger partial charge in [0.15, 0.2) is 5.13 Å². The Morgan fingerprint density at radius 2 is 2.19 bits per heavy atom. The Kier molecular flexibility index (Phi) is 5.47. The second-order valence-electron chi connectivity index (χ2n) is 7.79. The lowest BCUT2D eigenvalue weighted by atomic mass is 9.73. The van der Waals surface area contributed by atoms with E-state index >= 15 is 0 Å². The van der Waals surface area contributed by atoms with Crippen molar-refractivity contribution in [2.24, 2.45) is 11.3 Å². The Morgan fingerprint density at radius 1 is 1.38 bits per heavy atom. The predicted molar refractivity (Wildman–Crippen MR) is 108 cm³/mol. The SMILES string of the molecule is COc1cccc(/C=C/C(=O)Nc2nc3c(s2)CC(C(C)(C)C)CC3)c1. The molecular formula is C21H26N2O2S. The normalized spacial score (nSPS) is 17.2. The number of aryl methyl sites for hydroxylation is 1. The molecule has 1 heterocycles. The van der Waals surface area contributed by atoms with Crippen molar-refractivity contribution < 1.29 is 9.53 Å². The Morgan fingerprint density at radius 3 is 2.92 bits per heavy atom. The second-order valence-corrected chi connectivity index (χ2v) is 8.88. The summed E-state index contributed by atoms with van der Waals surface area (Å²) in [6.45, 7) is 6.90. The number of ether oxygens (including phenoxy) is 1. The zero-order valence-corrected chi connectivity index (χ0v) is 16.7. The quantitative estimate of drug-likeness (QED) is 0.774. The van der Waals surface area contributed by atoms with E-state index in [1.807, 2.05) is 24.3 Å². The smallest absolute Gasteiger partial charge is 0.250 e. The van der Waals surface area contributed by atoms with E-state index in [4.69, 9.17) is 4.74 Å². The zero-order valence-electron chi connectivity index (χ0n) is 15.8. The van der Waals surface area contributed by atoms with Crippen molar-refractivity contribution >= 4 is 28.5 Å². The van der Waals surface area contributed by atoms with Gasteiger partial charge in [-0.05, 0) is 54.4 Å². The summed E-state index contributed by atoms with van der Waals surface area (Å²) in [5.41, 5.74) is 2.39. The number of fused-ring (bicyclic) bond motifs is 1. The molecule has 5 heteroatoms. The van der Waals surface area contributed by atoms with Gasteiger partial charge in [0.1, 0.15) is 5.75 Å². The van der Waals surface area contributed by atoms with Gasteiger partial charge in [-0.15, -0.1) is 11.3 Å². The molecule has 1 unspecified atom stereocenters. The first-order valence-corrected chi connectivity index (χ1v) is 9.78. The third-order valence-corrected chi connectivity index (χ3v) is 5.95. The van der Waals surface area contributed by atoms with E-state index in [-0.39, 0.29) is 5.91 Å². The fourth-order valence-corrected chi connectivity index (χ4v) is 4.32. The minimum absolute atomic E-state index is 0.161. The van der Waals surface area contributed by atoms with Crippen LogP contribution in [0.1, 0.15) is 43.3 Å². The molecule has 0 spiro atoms. The number of nitrogens with one attached hydrogen (secondary N) is 1. The van der Waals surface area contributed by atoms with Crippen molar-refractivity contribution in [3.8, 4) is 5.75 Å². The number of amides is 1. The van der Waals surface area contributed by atoms with Crippen LogP contribution >= 0.6 is 11.3 Å². The van der Waals surface area contributed by atoms with E-state index in [1.165, 1.54) is 17.4 Å². The van der Waals surface area contributed by atoms with E-state index in [9.17, 15) is 4.79 Å². The van der Waals surface area contributed by atoms with Crippen molar-refractivity contribution in [2.45, 2.75) is 40.0 Å². The highest BCUT2D eigenvalue weighted by molar-refractivity contribution is 7.15. The molecule has 1 aliphatic rings. The lowest BCUT2D eigenvalue weighted by molar-refractivity contribution is -0.111. The lowest BCUT2D eigenvalue weighted by Crippen LogP contribution is -2.26. The average molecular weight is 371 g/mol. The van der Waals surface area contributed by atoms with Crippen LogP contribution in [0.2, 0.25) is 0 Å². The largest absolute Gasteiger partial charge is 0.497 e. The summed E-state index contributed by atoms with van der Waals surface area (Å²) in [5, 5.41) is 3.60. The number of benzene rings is 1. The van der Waals surface area contributed by atoms with Gasteiger partial charge < -0.3 is 4.74 Å². The molecule has 1 aromatic carbocycles. The van der Waals surface area contributed by atoms with Crippen molar-refractivity contribution in [3.05, 3.63) is 46.5 Å². The molecule has 138 valence electrons. The zero-order chi connectivity index (χ0) is 18.7. The molecule has 1 amide bonds. The van der Waals surface area contributed by atoms with Gasteiger partial charge >= 0.3 is 0 Å². The number of aromatic nitrogens is 1. The molecule has 0 saturated heterocycles. The van der Waals surface area contributed by atoms with Crippen molar-refractivity contribution in [1.82, 2.24) is 4.98 Å². The van der Waals surface area contributed by atoms with Crippen molar-refractivity contribution in [2.75, 3.05) is 12.4 Å². The minimum Gasteiger partial charge on any atom is -0.497 e. The molecule has 0 saturated carbocycles. The lowest BCUT2D eigenvalue weighted by Gasteiger charge is -2.33. The fraction of sp³-hybridized carbons (Fsp3) is 0.429. The molecule has 2 aromatic rings. The van der Waals surface area contributed by atoms with Gasteiger partial charge in [0.05, 0.1) is 12.8 Å². The summed E-state index contributed by atoms with van der Waals surface area (Å²) in [5.74, 6) is 1.28. The standard InChI is InChI=1S/C21H26N2O2S/c1-21(2,3)15-9-10-17-18(13-15)26-20(22-17)23-19(24)11-8-14-6-5-7-16(12-14)25-4/h5-8,11-12,15H,9-10,13H2,1-4H3,(H,22,23,24)/b11-8+. The van der Waals surface area contributed by atoms with E-state index in [0.29, 0.717) is 16.5 Å². The molecule has 3 rings (SSSR count). The van der Waals surface area contributed by atoms with Crippen LogP contribution < -0.4 is 10.1 Å². The predicted octanol–water partition coefficient (Wildman–Crippen LogP) is 4.95. The maximum Gasteiger partial charge on any atom is 0.250 e. The Hall–Kier alpha value is -2.14. The number of thiazole rings is 1. The molecule has 1 aromatic heterocycles. The Bertz CT molecular complexity index is 818. The molecular weight excluding hydrogens is 344 g/mol. The van der Waals surface area contributed by atoms with Gasteiger partial charge in [-0.2, -0.15) is 0 Å².